The highest BCUT2D eigenvalue weighted by atomic mass is 16.5. The zero-order valence-electron chi connectivity index (χ0n) is 17.8. The fourth-order valence-corrected chi connectivity index (χ4v) is 3.93. The SMILES string of the molecule is CCN(CC)CCOC(=O)[C@@H](C)c1ccc(C[C@H]2CCC[C@@H]2OC(C)=O)cc1. The number of ether oxygens (including phenoxy) is 2. The molecule has 0 aliphatic heterocycles. The summed E-state index contributed by atoms with van der Waals surface area (Å²) >= 11 is 0. The Bertz CT molecular complexity index is 624. The molecule has 3 atom stereocenters. The van der Waals surface area contributed by atoms with E-state index in [0.717, 1.165) is 50.9 Å². The Morgan fingerprint density at radius 1 is 1.14 bits per heavy atom. The van der Waals surface area contributed by atoms with Crippen molar-refractivity contribution in [3.8, 4) is 0 Å². The van der Waals surface area contributed by atoms with Gasteiger partial charge in [-0.05, 0) is 62.7 Å². The molecule has 1 saturated carbocycles. The van der Waals surface area contributed by atoms with Crippen molar-refractivity contribution in [1.29, 1.82) is 0 Å². The lowest BCUT2D eigenvalue weighted by atomic mass is 9.93. The average molecular weight is 390 g/mol. The molecule has 0 heterocycles. The first-order valence-electron chi connectivity index (χ1n) is 10.6. The summed E-state index contributed by atoms with van der Waals surface area (Å²) in [5.41, 5.74) is 2.19. The van der Waals surface area contributed by atoms with Crippen LogP contribution in [0.2, 0.25) is 0 Å². The molecule has 0 spiro atoms. The van der Waals surface area contributed by atoms with Crippen LogP contribution < -0.4 is 0 Å². The van der Waals surface area contributed by atoms with E-state index < -0.39 is 0 Å². The van der Waals surface area contributed by atoms with Gasteiger partial charge in [0.1, 0.15) is 12.7 Å². The molecule has 0 aromatic heterocycles. The molecule has 0 N–H and O–H groups in total. The van der Waals surface area contributed by atoms with Crippen molar-refractivity contribution in [3.63, 3.8) is 0 Å². The van der Waals surface area contributed by atoms with Gasteiger partial charge in [0.25, 0.3) is 0 Å². The minimum Gasteiger partial charge on any atom is -0.464 e. The van der Waals surface area contributed by atoms with Gasteiger partial charge in [0.05, 0.1) is 5.92 Å². The van der Waals surface area contributed by atoms with Crippen LogP contribution in [-0.4, -0.2) is 49.2 Å². The summed E-state index contributed by atoms with van der Waals surface area (Å²) in [7, 11) is 0. The van der Waals surface area contributed by atoms with Crippen LogP contribution in [0, 0.1) is 5.92 Å². The Labute approximate surface area is 169 Å². The molecule has 5 nitrogen and oxygen atoms in total. The zero-order chi connectivity index (χ0) is 20.5. The summed E-state index contributed by atoms with van der Waals surface area (Å²) in [6.45, 7) is 10.7. The third-order valence-corrected chi connectivity index (χ3v) is 5.78. The first-order valence-corrected chi connectivity index (χ1v) is 10.6. The van der Waals surface area contributed by atoms with Gasteiger partial charge in [0, 0.05) is 13.5 Å². The summed E-state index contributed by atoms with van der Waals surface area (Å²) in [5.74, 6) is -0.255. The van der Waals surface area contributed by atoms with Crippen LogP contribution in [0.3, 0.4) is 0 Å². The van der Waals surface area contributed by atoms with Crippen molar-refractivity contribution in [3.05, 3.63) is 35.4 Å². The minimum atomic E-state index is -0.272. The summed E-state index contributed by atoms with van der Waals surface area (Å²) in [6.07, 6.45) is 4.10. The van der Waals surface area contributed by atoms with Crippen LogP contribution in [0.15, 0.2) is 24.3 Å². The average Bonchev–Trinajstić information content (AvgIpc) is 3.11. The van der Waals surface area contributed by atoms with Gasteiger partial charge in [-0.15, -0.1) is 0 Å². The maximum atomic E-state index is 12.3. The van der Waals surface area contributed by atoms with Crippen LogP contribution in [0.5, 0.6) is 0 Å². The molecule has 1 aliphatic rings. The molecule has 156 valence electrons. The monoisotopic (exact) mass is 389 g/mol. The second kappa shape index (κ2) is 11.2. The maximum Gasteiger partial charge on any atom is 0.313 e. The third-order valence-electron chi connectivity index (χ3n) is 5.78. The van der Waals surface area contributed by atoms with Gasteiger partial charge < -0.3 is 14.4 Å². The lowest BCUT2D eigenvalue weighted by Crippen LogP contribution is -2.28. The van der Waals surface area contributed by atoms with E-state index in [1.807, 2.05) is 19.1 Å². The minimum absolute atomic E-state index is 0.0388. The molecule has 28 heavy (non-hydrogen) atoms. The maximum absolute atomic E-state index is 12.3. The lowest BCUT2D eigenvalue weighted by Gasteiger charge is -2.20. The number of hydrogen-bond donors (Lipinski definition) is 0. The summed E-state index contributed by atoms with van der Waals surface area (Å²) in [4.78, 5) is 25.8. The number of hydrogen-bond acceptors (Lipinski definition) is 5. The van der Waals surface area contributed by atoms with Gasteiger partial charge in [-0.1, -0.05) is 38.1 Å². The van der Waals surface area contributed by atoms with Crippen molar-refractivity contribution in [2.24, 2.45) is 5.92 Å². The first kappa shape index (κ1) is 22.4. The predicted octanol–water partition coefficient (Wildman–Crippen LogP) is 3.95. The van der Waals surface area contributed by atoms with E-state index in [4.69, 9.17) is 9.47 Å². The third kappa shape index (κ3) is 6.62. The molecular weight excluding hydrogens is 354 g/mol. The Hall–Kier alpha value is -1.88. The molecule has 0 saturated heterocycles. The zero-order valence-corrected chi connectivity index (χ0v) is 17.8. The molecule has 1 aliphatic carbocycles. The van der Waals surface area contributed by atoms with E-state index in [-0.39, 0.29) is 24.0 Å². The van der Waals surface area contributed by atoms with E-state index in [0.29, 0.717) is 12.5 Å². The fourth-order valence-electron chi connectivity index (χ4n) is 3.93. The van der Waals surface area contributed by atoms with E-state index in [9.17, 15) is 9.59 Å². The summed E-state index contributed by atoms with van der Waals surface area (Å²) in [5, 5.41) is 0. The highest BCUT2D eigenvalue weighted by molar-refractivity contribution is 5.77. The van der Waals surface area contributed by atoms with Gasteiger partial charge in [-0.25, -0.2) is 0 Å². The Balaban J connectivity index is 1.85. The quantitative estimate of drug-likeness (QED) is 0.567. The van der Waals surface area contributed by atoms with Crippen molar-refractivity contribution >= 4 is 11.9 Å². The molecular formula is C23H35NO4. The van der Waals surface area contributed by atoms with Crippen molar-refractivity contribution in [1.82, 2.24) is 4.90 Å². The van der Waals surface area contributed by atoms with Crippen LogP contribution in [0.25, 0.3) is 0 Å². The molecule has 1 fully saturated rings. The number of carbonyl (C=O) groups is 2. The van der Waals surface area contributed by atoms with Gasteiger partial charge in [-0.3, -0.25) is 9.59 Å². The normalized spacial score (nSPS) is 20.2. The lowest BCUT2D eigenvalue weighted by molar-refractivity contribution is -0.148. The molecule has 2 rings (SSSR count). The standard InChI is InChI=1S/C23H35NO4/c1-5-24(6-2)14-15-27-23(26)17(3)20-12-10-19(11-13-20)16-21-8-7-9-22(21)28-18(4)25/h10-13,17,21-22H,5-9,14-16H2,1-4H3/t17-,21+,22-/m0/s1. The van der Waals surface area contributed by atoms with Gasteiger partial charge in [0.15, 0.2) is 0 Å². The number of benzene rings is 1. The fraction of sp³-hybridized carbons (Fsp3) is 0.652. The van der Waals surface area contributed by atoms with Crippen LogP contribution in [-0.2, 0) is 25.5 Å². The molecule has 0 radical (unpaired) electrons. The molecule has 5 heteroatoms. The van der Waals surface area contributed by atoms with Crippen molar-refractivity contribution < 1.29 is 19.1 Å². The Morgan fingerprint density at radius 2 is 1.82 bits per heavy atom. The molecule has 1 aromatic rings. The number of esters is 2. The van der Waals surface area contributed by atoms with Gasteiger partial charge >= 0.3 is 11.9 Å². The number of rotatable bonds is 10. The number of likely N-dealkylation sites (N-methyl/N-ethyl adjacent to an activating group) is 1. The topological polar surface area (TPSA) is 55.8 Å². The molecule has 0 unspecified atom stereocenters. The predicted molar refractivity (Wildman–Crippen MR) is 110 cm³/mol. The van der Waals surface area contributed by atoms with Gasteiger partial charge in [-0.2, -0.15) is 0 Å². The second-order valence-electron chi connectivity index (χ2n) is 7.70. The first-order chi connectivity index (χ1) is 13.4. The largest absolute Gasteiger partial charge is 0.464 e. The highest BCUT2D eigenvalue weighted by Crippen LogP contribution is 2.31. The van der Waals surface area contributed by atoms with Crippen LogP contribution >= 0.6 is 0 Å². The molecule has 1 aromatic carbocycles. The summed E-state index contributed by atoms with van der Waals surface area (Å²) in [6, 6.07) is 8.19. The second-order valence-corrected chi connectivity index (χ2v) is 7.70. The van der Waals surface area contributed by atoms with Gasteiger partial charge in [0.2, 0.25) is 0 Å². The highest BCUT2D eigenvalue weighted by Gasteiger charge is 2.29. The Morgan fingerprint density at radius 3 is 2.43 bits per heavy atom. The Kier molecular flexibility index (Phi) is 8.97. The molecule has 0 bridgehead atoms. The number of carbonyl (C=O) groups excluding carboxylic acids is 2. The van der Waals surface area contributed by atoms with E-state index in [1.165, 1.54) is 12.5 Å². The number of nitrogens with zero attached hydrogens (tertiary/aromatic N) is 1. The molecule has 0 amide bonds. The van der Waals surface area contributed by atoms with E-state index >= 15 is 0 Å². The van der Waals surface area contributed by atoms with Crippen LogP contribution in [0.1, 0.15) is 64.0 Å². The summed E-state index contributed by atoms with van der Waals surface area (Å²) < 4.78 is 10.9. The van der Waals surface area contributed by atoms with Crippen LogP contribution in [0.4, 0.5) is 0 Å². The van der Waals surface area contributed by atoms with Crippen molar-refractivity contribution in [2.75, 3.05) is 26.2 Å². The van der Waals surface area contributed by atoms with E-state index in [2.05, 4.69) is 30.9 Å². The smallest absolute Gasteiger partial charge is 0.313 e. The van der Waals surface area contributed by atoms with E-state index in [1.54, 1.807) is 0 Å². The van der Waals surface area contributed by atoms with Crippen molar-refractivity contribution in [2.45, 2.75) is 65.4 Å².